The second-order valence-corrected chi connectivity index (χ2v) is 6.48. The molecule has 4 atom stereocenters. The molecule has 4 N–H and O–H groups in total. The summed E-state index contributed by atoms with van der Waals surface area (Å²) in [6.07, 6.45) is -3.50. The summed E-state index contributed by atoms with van der Waals surface area (Å²) < 4.78 is 18.5. The van der Waals surface area contributed by atoms with Gasteiger partial charge in [-0.2, -0.15) is 0 Å². The lowest BCUT2D eigenvalue weighted by molar-refractivity contribution is -0.135. The van der Waals surface area contributed by atoms with Crippen molar-refractivity contribution in [2.45, 2.75) is 30.8 Å². The second-order valence-electron chi connectivity index (χ2n) is 6.48. The lowest BCUT2D eigenvalue weighted by atomic mass is 10.0. The van der Waals surface area contributed by atoms with Crippen LogP contribution in [-0.2, 0) is 9.53 Å². The normalized spacial score (nSPS) is 29.9. The van der Waals surface area contributed by atoms with Gasteiger partial charge in [-0.3, -0.25) is 4.79 Å². The van der Waals surface area contributed by atoms with Crippen molar-refractivity contribution in [3.8, 4) is 0 Å². The quantitative estimate of drug-likeness (QED) is 0.663. The minimum Gasteiger partial charge on any atom is -0.388 e. The first-order valence-corrected chi connectivity index (χ1v) is 8.49. The zero-order valence-corrected chi connectivity index (χ0v) is 13.9. The number of aliphatic hydroxyl groups is 2. The van der Waals surface area contributed by atoms with Crippen LogP contribution in [0.25, 0.3) is 0 Å². The number of piperazine rings is 1. The molecule has 0 radical (unpaired) electrons. The van der Waals surface area contributed by atoms with E-state index in [9.17, 15) is 19.4 Å². The fourth-order valence-corrected chi connectivity index (χ4v) is 3.36. The van der Waals surface area contributed by atoms with Crippen LogP contribution >= 0.6 is 0 Å². The molecule has 1 aromatic rings. The second kappa shape index (κ2) is 7.65. The highest BCUT2D eigenvalue weighted by atomic mass is 19.1. The Morgan fingerprint density at radius 1 is 1.12 bits per heavy atom. The van der Waals surface area contributed by atoms with Crippen LogP contribution in [-0.4, -0.2) is 78.2 Å². The van der Waals surface area contributed by atoms with E-state index >= 15 is 0 Å². The number of anilines is 1. The predicted octanol–water partition coefficient (Wildman–Crippen LogP) is -0.688. The third kappa shape index (κ3) is 3.92. The molecule has 0 unspecified atom stereocenters. The van der Waals surface area contributed by atoms with E-state index in [0.717, 1.165) is 5.69 Å². The number of halogens is 1. The van der Waals surface area contributed by atoms with Crippen molar-refractivity contribution < 1.29 is 24.1 Å². The van der Waals surface area contributed by atoms with Gasteiger partial charge in [0, 0.05) is 38.4 Å². The smallest absolute Gasteiger partial charge is 0.225 e. The van der Waals surface area contributed by atoms with E-state index in [2.05, 4.69) is 4.90 Å². The number of nitrogens with zero attached hydrogens (tertiary/aromatic N) is 2. The Morgan fingerprint density at radius 3 is 2.28 bits per heavy atom. The molecule has 0 spiro atoms. The van der Waals surface area contributed by atoms with Crippen LogP contribution < -0.4 is 10.6 Å². The molecule has 2 fully saturated rings. The molecule has 2 saturated heterocycles. The number of nitrogens with two attached hydrogens (primary N) is 1. The third-order valence-corrected chi connectivity index (χ3v) is 4.89. The van der Waals surface area contributed by atoms with E-state index in [0.29, 0.717) is 26.2 Å². The van der Waals surface area contributed by atoms with Gasteiger partial charge in [-0.25, -0.2) is 4.39 Å². The van der Waals surface area contributed by atoms with Crippen molar-refractivity contribution in [2.75, 3.05) is 37.6 Å². The summed E-state index contributed by atoms with van der Waals surface area (Å²) in [5.41, 5.74) is 6.41. The lowest BCUT2D eigenvalue weighted by Gasteiger charge is -2.36. The van der Waals surface area contributed by atoms with Gasteiger partial charge < -0.3 is 30.5 Å². The van der Waals surface area contributed by atoms with E-state index in [1.807, 2.05) is 0 Å². The standard InChI is InChI=1S/C17H24FN3O4/c18-11-1-3-12(4-2-11)20-5-7-21(8-6-20)15(22)9-13-16(23)17(24)14(10-19)25-13/h1-4,13-14,16-17,23-24H,5-10,19H2/t13-,14-,16+,17-/m1/s1. The molecule has 7 nitrogen and oxygen atoms in total. The predicted molar refractivity (Wildman–Crippen MR) is 89.5 cm³/mol. The minimum atomic E-state index is -1.10. The Bertz CT molecular complexity index is 592. The van der Waals surface area contributed by atoms with Crippen LogP contribution in [0.1, 0.15) is 6.42 Å². The highest BCUT2D eigenvalue weighted by Gasteiger charge is 2.43. The van der Waals surface area contributed by atoms with Crippen LogP contribution in [0.15, 0.2) is 24.3 Å². The van der Waals surface area contributed by atoms with Crippen molar-refractivity contribution in [1.82, 2.24) is 4.90 Å². The van der Waals surface area contributed by atoms with Gasteiger partial charge in [0.25, 0.3) is 0 Å². The van der Waals surface area contributed by atoms with Gasteiger partial charge in [0.15, 0.2) is 0 Å². The summed E-state index contributed by atoms with van der Waals surface area (Å²) in [5, 5.41) is 19.8. The van der Waals surface area contributed by atoms with Gasteiger partial charge in [-0.1, -0.05) is 0 Å². The van der Waals surface area contributed by atoms with Gasteiger partial charge in [0.05, 0.1) is 18.6 Å². The molecule has 2 aliphatic rings. The van der Waals surface area contributed by atoms with Crippen molar-refractivity contribution in [2.24, 2.45) is 5.73 Å². The summed E-state index contributed by atoms with van der Waals surface area (Å²) in [4.78, 5) is 16.3. The molecule has 3 rings (SSSR count). The summed E-state index contributed by atoms with van der Waals surface area (Å²) in [5.74, 6) is -0.390. The Balaban J connectivity index is 1.51. The first-order chi connectivity index (χ1) is 12.0. The van der Waals surface area contributed by atoms with Crippen LogP contribution in [0.5, 0.6) is 0 Å². The number of carbonyl (C=O) groups is 1. The van der Waals surface area contributed by atoms with Gasteiger partial charge in [0.2, 0.25) is 5.91 Å². The maximum absolute atomic E-state index is 13.0. The van der Waals surface area contributed by atoms with E-state index in [1.54, 1.807) is 17.0 Å². The third-order valence-electron chi connectivity index (χ3n) is 4.89. The average Bonchev–Trinajstić information content (AvgIpc) is 2.90. The Kier molecular flexibility index (Phi) is 5.53. The topological polar surface area (TPSA) is 99.3 Å². The van der Waals surface area contributed by atoms with Crippen LogP contribution in [0.3, 0.4) is 0 Å². The zero-order chi connectivity index (χ0) is 18.0. The van der Waals surface area contributed by atoms with Gasteiger partial charge in [0.1, 0.15) is 18.0 Å². The number of aliphatic hydroxyl groups excluding tert-OH is 2. The molecule has 138 valence electrons. The Labute approximate surface area is 145 Å². The highest BCUT2D eigenvalue weighted by Crippen LogP contribution is 2.24. The fourth-order valence-electron chi connectivity index (χ4n) is 3.36. The summed E-state index contributed by atoms with van der Waals surface area (Å²) in [7, 11) is 0. The van der Waals surface area contributed by atoms with E-state index in [-0.39, 0.29) is 24.7 Å². The minimum absolute atomic E-state index is 0.0191. The summed E-state index contributed by atoms with van der Waals surface area (Å²) in [6.45, 7) is 2.49. The summed E-state index contributed by atoms with van der Waals surface area (Å²) in [6, 6.07) is 6.30. The highest BCUT2D eigenvalue weighted by molar-refractivity contribution is 5.77. The first-order valence-electron chi connectivity index (χ1n) is 8.49. The van der Waals surface area contributed by atoms with E-state index in [1.165, 1.54) is 12.1 Å². The number of carbonyl (C=O) groups excluding carboxylic acids is 1. The molecule has 0 aliphatic carbocycles. The maximum Gasteiger partial charge on any atom is 0.225 e. The van der Waals surface area contributed by atoms with Crippen molar-refractivity contribution in [3.05, 3.63) is 30.1 Å². The van der Waals surface area contributed by atoms with Gasteiger partial charge in [-0.05, 0) is 24.3 Å². The van der Waals surface area contributed by atoms with Crippen LogP contribution in [0.2, 0.25) is 0 Å². The molecule has 2 heterocycles. The summed E-state index contributed by atoms with van der Waals surface area (Å²) >= 11 is 0. The van der Waals surface area contributed by atoms with Crippen LogP contribution in [0, 0.1) is 5.82 Å². The van der Waals surface area contributed by atoms with E-state index < -0.39 is 24.4 Å². The van der Waals surface area contributed by atoms with Crippen molar-refractivity contribution >= 4 is 11.6 Å². The lowest BCUT2D eigenvalue weighted by Crippen LogP contribution is -2.49. The SMILES string of the molecule is NC[C@H]1O[C@H](CC(=O)N2CCN(c3ccc(F)cc3)CC2)[C@H](O)[C@@H]1O. The number of rotatable bonds is 4. The number of benzene rings is 1. The van der Waals surface area contributed by atoms with Gasteiger partial charge >= 0.3 is 0 Å². The molecule has 1 amide bonds. The largest absolute Gasteiger partial charge is 0.388 e. The fraction of sp³-hybridized carbons (Fsp3) is 0.588. The molecule has 0 bridgehead atoms. The molecule has 1 aromatic carbocycles. The molecule has 0 aromatic heterocycles. The molecule has 0 saturated carbocycles. The maximum atomic E-state index is 13.0. The number of amides is 1. The Hall–Kier alpha value is -1.74. The molecule has 2 aliphatic heterocycles. The number of hydrogen-bond donors (Lipinski definition) is 3. The zero-order valence-electron chi connectivity index (χ0n) is 13.9. The first kappa shape index (κ1) is 18.1. The monoisotopic (exact) mass is 353 g/mol. The average molecular weight is 353 g/mol. The van der Waals surface area contributed by atoms with E-state index in [4.69, 9.17) is 10.5 Å². The molecular weight excluding hydrogens is 329 g/mol. The number of ether oxygens (including phenoxy) is 1. The molecule has 8 heteroatoms. The van der Waals surface area contributed by atoms with Crippen LogP contribution in [0.4, 0.5) is 10.1 Å². The Morgan fingerprint density at radius 2 is 1.72 bits per heavy atom. The van der Waals surface area contributed by atoms with Crippen molar-refractivity contribution in [1.29, 1.82) is 0 Å². The van der Waals surface area contributed by atoms with Crippen molar-refractivity contribution in [3.63, 3.8) is 0 Å². The number of hydrogen-bond acceptors (Lipinski definition) is 6. The van der Waals surface area contributed by atoms with Gasteiger partial charge in [-0.15, -0.1) is 0 Å². The molecular formula is C17H24FN3O4. The molecule has 25 heavy (non-hydrogen) atoms.